The molecule has 0 saturated heterocycles. The van der Waals surface area contributed by atoms with Crippen LogP contribution in [0.2, 0.25) is 0 Å². The number of fused-ring (bicyclic) bond motifs is 6. The van der Waals surface area contributed by atoms with Gasteiger partial charge in [0, 0.05) is 89.5 Å². The van der Waals surface area contributed by atoms with E-state index >= 15 is 0 Å². The van der Waals surface area contributed by atoms with Gasteiger partial charge in [0.2, 0.25) is 0 Å². The van der Waals surface area contributed by atoms with E-state index in [0.717, 1.165) is 55.3 Å². The van der Waals surface area contributed by atoms with Crippen LogP contribution in [0.4, 0.5) is 0 Å². The van der Waals surface area contributed by atoms with Gasteiger partial charge in [0.1, 0.15) is 0 Å². The highest BCUT2D eigenvalue weighted by Crippen LogP contribution is 2.35. The van der Waals surface area contributed by atoms with Gasteiger partial charge in [0.15, 0.2) is 5.78 Å². The number of carbonyl (C=O) groups excluding carboxylic acids is 3. The molecule has 0 aliphatic carbocycles. The van der Waals surface area contributed by atoms with Crippen molar-refractivity contribution in [3.05, 3.63) is 156 Å². The van der Waals surface area contributed by atoms with Gasteiger partial charge in [-0.05, 0) is 98.3 Å². The number of benzene rings is 6. The number of hydrogen-bond acceptors (Lipinski definition) is 9. The third kappa shape index (κ3) is 8.54. The molecule has 8 rings (SSSR count). The normalized spacial score (nSPS) is 12.1. The Morgan fingerprint density at radius 1 is 0.468 bits per heavy atom. The van der Waals surface area contributed by atoms with E-state index in [0.29, 0.717) is 61.8 Å². The molecule has 0 bridgehead atoms. The number of para-hydroxylation sites is 2. The number of rotatable bonds is 16. The maximum atomic E-state index is 14.3. The second-order valence-corrected chi connectivity index (χ2v) is 14.7. The number of hydrogen-bond donors (Lipinski definition) is 0. The smallest absolute Gasteiger partial charge is 0.331 e. The van der Waals surface area contributed by atoms with Crippen LogP contribution in [0, 0.1) is 0 Å². The maximum Gasteiger partial charge on any atom is 0.331 e. The van der Waals surface area contributed by atoms with E-state index in [1.807, 2.05) is 111 Å². The molecule has 0 aliphatic heterocycles. The number of ether oxygens (including phenoxy) is 2. The number of oxime groups is 2. The van der Waals surface area contributed by atoms with E-state index in [1.165, 1.54) is 24.6 Å². The third-order valence-electron chi connectivity index (χ3n) is 10.7. The first-order valence-corrected chi connectivity index (χ1v) is 20.7. The fraction of sp³-hybridized carbons (Fsp3) is 0.196. The van der Waals surface area contributed by atoms with Crippen molar-refractivity contribution in [2.45, 2.75) is 40.5 Å². The second-order valence-electron chi connectivity index (χ2n) is 14.7. The Labute approximate surface area is 358 Å². The minimum atomic E-state index is -0.523. The summed E-state index contributed by atoms with van der Waals surface area (Å²) in [4.78, 5) is 47.9. The van der Waals surface area contributed by atoms with Crippen molar-refractivity contribution >= 4 is 72.8 Å². The molecule has 0 unspecified atom stereocenters. The summed E-state index contributed by atoms with van der Waals surface area (Å²) in [6, 6.07) is 44.1. The molecule has 11 heteroatoms. The Hall–Kier alpha value is -7.21. The molecule has 0 aliphatic rings. The van der Waals surface area contributed by atoms with E-state index in [4.69, 9.17) is 19.1 Å². The van der Waals surface area contributed by atoms with Crippen LogP contribution in [-0.4, -0.2) is 64.7 Å². The van der Waals surface area contributed by atoms with Crippen molar-refractivity contribution in [1.29, 1.82) is 0 Å². The molecule has 0 N–H and O–H groups in total. The van der Waals surface area contributed by atoms with Gasteiger partial charge in [0.05, 0.1) is 46.7 Å². The van der Waals surface area contributed by atoms with Crippen molar-refractivity contribution in [2.24, 2.45) is 10.3 Å². The summed E-state index contributed by atoms with van der Waals surface area (Å²) in [6.07, 6.45) is 0.875. The molecule has 2 heterocycles. The lowest BCUT2D eigenvalue weighted by molar-refractivity contribution is -0.141. The summed E-state index contributed by atoms with van der Waals surface area (Å²) >= 11 is 0. The van der Waals surface area contributed by atoms with Crippen LogP contribution in [0.5, 0.6) is 0 Å². The van der Waals surface area contributed by atoms with Crippen molar-refractivity contribution < 1.29 is 33.5 Å². The van der Waals surface area contributed by atoms with Crippen LogP contribution >= 0.6 is 0 Å². The van der Waals surface area contributed by atoms with Gasteiger partial charge < -0.3 is 28.3 Å². The van der Waals surface area contributed by atoms with Crippen LogP contribution in [0.3, 0.4) is 0 Å². The summed E-state index contributed by atoms with van der Waals surface area (Å²) in [7, 11) is 0. The van der Waals surface area contributed by atoms with Crippen LogP contribution in [-0.2, 0) is 28.7 Å². The van der Waals surface area contributed by atoms with Gasteiger partial charge in [-0.2, -0.15) is 0 Å². The van der Waals surface area contributed by atoms with Crippen LogP contribution in [0.25, 0.3) is 55.0 Å². The zero-order valence-corrected chi connectivity index (χ0v) is 35.1. The SMILES string of the molecule is CCOCC/C(=N\OC(C)=O)c1ccc(-n2c3ccc(C(=O)c4ccc(-n5c6ccccc6c6ccccc65)cc4)cc3c3cc(/C(CCOCC)=N/OC(C)=O)ccc32)cc1. The molecule has 0 radical (unpaired) electrons. The van der Waals surface area contributed by atoms with Gasteiger partial charge in [-0.15, -0.1) is 0 Å². The van der Waals surface area contributed by atoms with Crippen molar-refractivity contribution in [1.82, 2.24) is 9.13 Å². The zero-order valence-electron chi connectivity index (χ0n) is 35.1. The fourth-order valence-corrected chi connectivity index (χ4v) is 7.90. The lowest BCUT2D eigenvalue weighted by Crippen LogP contribution is -2.09. The van der Waals surface area contributed by atoms with Gasteiger partial charge >= 0.3 is 11.9 Å². The number of ketones is 1. The standard InChI is InChI=1S/C51H46N4O7/c1-5-59-29-27-45(52-61-33(3)56)35-15-21-39(22-16-35)55-49-25-19-37(46(28-30-60-6-2)53-62-34(4)57)31-43(49)44-32-38(20-26-50(44)55)51(58)36-17-23-40(24-18-36)54-47-13-9-7-11-41(47)42-12-8-10-14-48(42)54/h7-26,31-32H,5-6,27-30H2,1-4H3/b52-45+,53-46+. The minimum Gasteiger partial charge on any atom is -0.381 e. The van der Waals surface area contributed by atoms with Crippen molar-refractivity contribution in [2.75, 3.05) is 26.4 Å². The van der Waals surface area contributed by atoms with Gasteiger partial charge in [0.25, 0.3) is 0 Å². The molecular weight excluding hydrogens is 781 g/mol. The number of carbonyl (C=O) groups is 3. The Morgan fingerprint density at radius 2 is 0.871 bits per heavy atom. The second kappa shape index (κ2) is 18.6. The highest BCUT2D eigenvalue weighted by molar-refractivity contribution is 6.17. The average molecular weight is 827 g/mol. The lowest BCUT2D eigenvalue weighted by Gasteiger charge is -2.11. The minimum absolute atomic E-state index is 0.109. The zero-order chi connectivity index (χ0) is 43.2. The van der Waals surface area contributed by atoms with E-state index in [9.17, 15) is 14.4 Å². The first-order valence-electron chi connectivity index (χ1n) is 20.7. The molecule has 6 aromatic carbocycles. The predicted molar refractivity (Wildman–Crippen MR) is 244 cm³/mol. The topological polar surface area (TPSA) is 123 Å². The van der Waals surface area contributed by atoms with E-state index in [-0.39, 0.29) is 5.78 Å². The molecule has 8 aromatic rings. The van der Waals surface area contributed by atoms with Gasteiger partial charge in [-0.3, -0.25) is 4.79 Å². The maximum absolute atomic E-state index is 14.3. The van der Waals surface area contributed by atoms with Crippen LogP contribution < -0.4 is 0 Å². The third-order valence-corrected chi connectivity index (χ3v) is 10.7. The Morgan fingerprint density at radius 3 is 1.35 bits per heavy atom. The molecule has 0 saturated carbocycles. The van der Waals surface area contributed by atoms with Crippen molar-refractivity contribution in [3.63, 3.8) is 0 Å². The summed E-state index contributed by atoms with van der Waals surface area (Å²) in [5.41, 5.74) is 9.57. The molecular formula is C51H46N4O7. The van der Waals surface area contributed by atoms with Crippen LogP contribution in [0.1, 0.15) is 67.6 Å². The molecule has 2 aromatic heterocycles. The summed E-state index contributed by atoms with van der Waals surface area (Å²) in [6.45, 7) is 8.38. The average Bonchev–Trinajstić information content (AvgIpc) is 3.80. The summed E-state index contributed by atoms with van der Waals surface area (Å²) < 4.78 is 15.6. The monoisotopic (exact) mass is 826 g/mol. The Balaban J connectivity index is 1.21. The molecule has 11 nitrogen and oxygen atoms in total. The first-order chi connectivity index (χ1) is 30.2. The van der Waals surface area contributed by atoms with E-state index in [1.54, 1.807) is 0 Å². The summed E-state index contributed by atoms with van der Waals surface area (Å²) in [5.74, 6) is -1.14. The van der Waals surface area contributed by atoms with Gasteiger partial charge in [-0.1, -0.05) is 64.9 Å². The molecule has 62 heavy (non-hydrogen) atoms. The summed E-state index contributed by atoms with van der Waals surface area (Å²) in [5, 5.41) is 12.4. The number of aromatic nitrogens is 2. The Bertz CT molecular complexity index is 2960. The highest BCUT2D eigenvalue weighted by atomic mass is 16.7. The lowest BCUT2D eigenvalue weighted by atomic mass is 9.99. The first kappa shape index (κ1) is 41.5. The van der Waals surface area contributed by atoms with E-state index < -0.39 is 11.9 Å². The molecule has 312 valence electrons. The predicted octanol–water partition coefficient (Wildman–Crippen LogP) is 10.5. The Kier molecular flexibility index (Phi) is 12.5. The molecule has 0 spiro atoms. The molecule has 0 fully saturated rings. The quantitative estimate of drug-likeness (QED) is 0.0312. The number of nitrogens with zero attached hydrogens (tertiary/aromatic N) is 4. The molecule has 0 atom stereocenters. The van der Waals surface area contributed by atoms with Gasteiger partial charge in [-0.25, -0.2) is 9.59 Å². The fourth-order valence-electron chi connectivity index (χ4n) is 7.90. The molecule has 0 amide bonds. The largest absolute Gasteiger partial charge is 0.381 e. The highest BCUT2D eigenvalue weighted by Gasteiger charge is 2.19. The van der Waals surface area contributed by atoms with Crippen LogP contribution in [0.15, 0.2) is 144 Å². The van der Waals surface area contributed by atoms with Crippen molar-refractivity contribution in [3.8, 4) is 11.4 Å². The van der Waals surface area contributed by atoms with E-state index in [2.05, 4.69) is 55.8 Å².